The van der Waals surface area contributed by atoms with Gasteiger partial charge in [-0.1, -0.05) is 12.1 Å². The van der Waals surface area contributed by atoms with Crippen molar-refractivity contribution in [2.24, 2.45) is 0 Å². The van der Waals surface area contributed by atoms with Gasteiger partial charge in [0.15, 0.2) is 5.65 Å². The Bertz CT molecular complexity index is 1150. The summed E-state index contributed by atoms with van der Waals surface area (Å²) >= 11 is 0. The number of likely N-dealkylation sites (tertiary alicyclic amines) is 1. The van der Waals surface area contributed by atoms with Crippen LogP contribution in [-0.2, 0) is 0 Å². The number of carbonyl (C=O) groups is 1. The fourth-order valence-electron chi connectivity index (χ4n) is 4.07. The van der Waals surface area contributed by atoms with Crippen molar-refractivity contribution < 1.29 is 9.53 Å². The maximum Gasteiger partial charge on any atom is 0.270 e. The second-order valence-electron chi connectivity index (χ2n) is 7.16. The van der Waals surface area contributed by atoms with Crippen molar-refractivity contribution >= 4 is 22.5 Å². The lowest BCUT2D eigenvalue weighted by Gasteiger charge is -2.31. The lowest BCUT2D eigenvalue weighted by molar-refractivity contribution is 0.0706. The highest BCUT2D eigenvalue weighted by atomic mass is 16.5. The number of piperidine rings is 1. The molecule has 5 rings (SSSR count). The fraction of sp³-hybridized carbons (Fsp3) is 0.286. The first-order valence-corrected chi connectivity index (χ1v) is 9.49. The molecule has 1 aromatic carbocycles. The van der Waals surface area contributed by atoms with Crippen LogP contribution in [0.2, 0.25) is 0 Å². The van der Waals surface area contributed by atoms with E-state index in [1.54, 1.807) is 7.11 Å². The summed E-state index contributed by atoms with van der Waals surface area (Å²) in [5.41, 5.74) is 2.38. The molecule has 1 amide bonds. The zero-order valence-electron chi connectivity index (χ0n) is 15.6. The second kappa shape index (κ2) is 6.67. The largest absolute Gasteiger partial charge is 0.496 e. The molecule has 0 bridgehead atoms. The van der Waals surface area contributed by atoms with E-state index < -0.39 is 0 Å². The molecule has 1 N–H and O–H groups in total. The summed E-state index contributed by atoms with van der Waals surface area (Å²) in [5, 5.41) is 9.57. The zero-order valence-corrected chi connectivity index (χ0v) is 15.6. The zero-order chi connectivity index (χ0) is 19.1. The molecule has 0 saturated carbocycles. The molecule has 4 aromatic rings. The Morgan fingerprint density at radius 3 is 2.82 bits per heavy atom. The molecule has 0 atom stereocenters. The van der Waals surface area contributed by atoms with Crippen LogP contribution in [0.1, 0.15) is 35.1 Å². The van der Waals surface area contributed by atoms with E-state index in [0.29, 0.717) is 24.7 Å². The molecule has 1 aliphatic rings. The van der Waals surface area contributed by atoms with Crippen LogP contribution >= 0.6 is 0 Å². The number of ether oxygens (including phenoxy) is 1. The van der Waals surface area contributed by atoms with Gasteiger partial charge in [0.05, 0.1) is 7.11 Å². The van der Waals surface area contributed by atoms with Crippen LogP contribution < -0.4 is 4.74 Å². The average Bonchev–Trinajstić information content (AvgIpc) is 3.37. The number of methoxy groups -OCH3 is 1. The van der Waals surface area contributed by atoms with Gasteiger partial charge in [0, 0.05) is 36.1 Å². The Balaban J connectivity index is 1.33. The molecule has 0 aliphatic carbocycles. The Kier molecular flexibility index (Phi) is 4.00. The maximum atomic E-state index is 13.0. The lowest BCUT2D eigenvalue weighted by atomic mass is 9.95. The number of nitrogens with zero attached hydrogens (tertiary/aromatic N) is 4. The number of benzene rings is 1. The van der Waals surface area contributed by atoms with Crippen LogP contribution in [0.25, 0.3) is 16.6 Å². The number of amides is 1. The van der Waals surface area contributed by atoms with Crippen LogP contribution in [0.15, 0.2) is 48.7 Å². The van der Waals surface area contributed by atoms with Crippen molar-refractivity contribution in [3.05, 3.63) is 60.2 Å². The number of nitrogens with one attached hydrogen (secondary N) is 1. The molecule has 7 nitrogen and oxygen atoms in total. The summed E-state index contributed by atoms with van der Waals surface area (Å²) in [5.74, 6) is 2.09. The first-order chi connectivity index (χ1) is 13.7. The minimum Gasteiger partial charge on any atom is -0.496 e. The molecule has 7 heteroatoms. The summed E-state index contributed by atoms with van der Waals surface area (Å²) in [4.78, 5) is 18.1. The van der Waals surface area contributed by atoms with E-state index in [1.165, 1.54) is 0 Å². The predicted octanol–water partition coefficient (Wildman–Crippen LogP) is 3.24. The number of aromatic amines is 1. The van der Waals surface area contributed by atoms with Crippen molar-refractivity contribution in [3.8, 4) is 5.75 Å². The SMILES string of the molecule is COc1cccc2[nH]c(C(=O)N3CCC(c4nnc5ccccn45)CC3)cc12. The fourth-order valence-corrected chi connectivity index (χ4v) is 4.07. The molecule has 28 heavy (non-hydrogen) atoms. The first-order valence-electron chi connectivity index (χ1n) is 9.49. The number of hydrogen-bond acceptors (Lipinski definition) is 4. The standard InChI is InChI=1S/C21H21N5O2/c1-28-18-6-4-5-16-15(18)13-17(22-16)21(27)25-11-8-14(9-12-25)20-24-23-19-7-2-3-10-26(19)20/h2-7,10,13-14,22H,8-9,11-12H2,1H3. The summed E-state index contributed by atoms with van der Waals surface area (Å²) in [6.45, 7) is 1.41. The van der Waals surface area contributed by atoms with E-state index in [4.69, 9.17) is 4.74 Å². The number of aromatic nitrogens is 4. The van der Waals surface area contributed by atoms with Crippen molar-refractivity contribution in [3.63, 3.8) is 0 Å². The quantitative estimate of drug-likeness (QED) is 0.596. The molecule has 0 unspecified atom stereocenters. The molecule has 0 spiro atoms. The van der Waals surface area contributed by atoms with Gasteiger partial charge in [-0.2, -0.15) is 0 Å². The number of H-pyrrole nitrogens is 1. The van der Waals surface area contributed by atoms with E-state index >= 15 is 0 Å². The molecule has 4 heterocycles. The van der Waals surface area contributed by atoms with E-state index in [1.807, 2.05) is 58.0 Å². The van der Waals surface area contributed by atoms with Crippen LogP contribution in [-0.4, -0.2) is 50.6 Å². The van der Waals surface area contributed by atoms with Gasteiger partial charge in [-0.15, -0.1) is 10.2 Å². The molecule has 1 aliphatic heterocycles. The maximum absolute atomic E-state index is 13.0. The van der Waals surface area contributed by atoms with E-state index in [2.05, 4.69) is 15.2 Å². The smallest absolute Gasteiger partial charge is 0.270 e. The van der Waals surface area contributed by atoms with Crippen molar-refractivity contribution in [1.82, 2.24) is 24.5 Å². The molecule has 3 aromatic heterocycles. The van der Waals surface area contributed by atoms with Gasteiger partial charge < -0.3 is 14.6 Å². The average molecular weight is 375 g/mol. The van der Waals surface area contributed by atoms with Crippen molar-refractivity contribution in [2.75, 3.05) is 20.2 Å². The highest BCUT2D eigenvalue weighted by Gasteiger charge is 2.28. The number of fused-ring (bicyclic) bond motifs is 2. The van der Waals surface area contributed by atoms with Gasteiger partial charge in [0.2, 0.25) is 0 Å². The highest BCUT2D eigenvalue weighted by molar-refractivity contribution is 5.99. The lowest BCUT2D eigenvalue weighted by Crippen LogP contribution is -2.38. The van der Waals surface area contributed by atoms with Crippen LogP contribution in [0, 0.1) is 0 Å². The normalized spacial score (nSPS) is 15.4. The molecular formula is C21H21N5O2. The Morgan fingerprint density at radius 1 is 1.14 bits per heavy atom. The topological polar surface area (TPSA) is 75.5 Å². The third-order valence-corrected chi connectivity index (χ3v) is 5.56. The van der Waals surface area contributed by atoms with Gasteiger partial charge >= 0.3 is 0 Å². The Hall–Kier alpha value is -3.35. The van der Waals surface area contributed by atoms with Gasteiger partial charge in [-0.25, -0.2) is 0 Å². The van der Waals surface area contributed by atoms with Crippen molar-refractivity contribution in [1.29, 1.82) is 0 Å². The van der Waals surface area contributed by atoms with Crippen LogP contribution in [0.4, 0.5) is 0 Å². The number of pyridine rings is 1. The third-order valence-electron chi connectivity index (χ3n) is 5.56. The summed E-state index contributed by atoms with van der Waals surface area (Å²) in [6.07, 6.45) is 3.76. The van der Waals surface area contributed by atoms with E-state index in [9.17, 15) is 4.79 Å². The van der Waals surface area contributed by atoms with Gasteiger partial charge in [-0.3, -0.25) is 9.20 Å². The number of carbonyl (C=O) groups excluding carboxylic acids is 1. The summed E-state index contributed by atoms with van der Waals surface area (Å²) in [7, 11) is 1.64. The van der Waals surface area contributed by atoms with E-state index in [0.717, 1.165) is 41.0 Å². The monoisotopic (exact) mass is 375 g/mol. The minimum atomic E-state index is 0.0304. The van der Waals surface area contributed by atoms with Gasteiger partial charge in [-0.05, 0) is 43.2 Å². The minimum absolute atomic E-state index is 0.0304. The summed E-state index contributed by atoms with van der Waals surface area (Å²) < 4.78 is 7.44. The molecule has 0 radical (unpaired) electrons. The Morgan fingerprint density at radius 2 is 2.00 bits per heavy atom. The predicted molar refractivity (Wildman–Crippen MR) is 106 cm³/mol. The van der Waals surface area contributed by atoms with E-state index in [-0.39, 0.29) is 5.91 Å². The first kappa shape index (κ1) is 16.8. The second-order valence-corrected chi connectivity index (χ2v) is 7.16. The third kappa shape index (κ3) is 2.70. The molecule has 142 valence electrons. The van der Waals surface area contributed by atoms with Crippen molar-refractivity contribution in [2.45, 2.75) is 18.8 Å². The highest BCUT2D eigenvalue weighted by Crippen LogP contribution is 2.30. The molecule has 1 saturated heterocycles. The number of hydrogen-bond donors (Lipinski definition) is 1. The molecule has 1 fully saturated rings. The Labute approximate surface area is 161 Å². The molecular weight excluding hydrogens is 354 g/mol. The summed E-state index contributed by atoms with van der Waals surface area (Å²) in [6, 6.07) is 13.6. The van der Waals surface area contributed by atoms with Crippen LogP contribution in [0.5, 0.6) is 5.75 Å². The van der Waals surface area contributed by atoms with Crippen LogP contribution in [0.3, 0.4) is 0 Å². The number of rotatable bonds is 3. The van der Waals surface area contributed by atoms with Gasteiger partial charge in [0.1, 0.15) is 17.3 Å². The van der Waals surface area contributed by atoms with Gasteiger partial charge in [0.25, 0.3) is 5.91 Å².